The zero-order chi connectivity index (χ0) is 17.1. The van der Waals surface area contributed by atoms with E-state index in [4.69, 9.17) is 4.74 Å². The Hall–Kier alpha value is -1.87. The number of nitrogens with one attached hydrogen (secondary N) is 2. The highest BCUT2D eigenvalue weighted by Crippen LogP contribution is 2.37. The van der Waals surface area contributed by atoms with Crippen LogP contribution in [0.4, 0.5) is 24.5 Å². The summed E-state index contributed by atoms with van der Waals surface area (Å²) >= 11 is 0. The number of non-ortho nitro benzene ring substituents is 1. The van der Waals surface area contributed by atoms with Crippen LogP contribution in [0.2, 0.25) is 0 Å². The summed E-state index contributed by atoms with van der Waals surface area (Å²) in [6.07, 6.45) is -2.98. The van der Waals surface area contributed by atoms with Crippen LogP contribution >= 0.6 is 0 Å². The van der Waals surface area contributed by atoms with E-state index in [9.17, 15) is 23.3 Å². The Balaban J connectivity index is 2.23. The van der Waals surface area contributed by atoms with Crippen LogP contribution in [0.25, 0.3) is 0 Å². The van der Waals surface area contributed by atoms with E-state index in [-0.39, 0.29) is 12.2 Å². The number of hydrogen-bond acceptors (Lipinski definition) is 5. The predicted molar refractivity (Wildman–Crippen MR) is 78.4 cm³/mol. The van der Waals surface area contributed by atoms with Crippen molar-refractivity contribution in [1.82, 2.24) is 5.32 Å². The molecule has 128 valence electrons. The quantitative estimate of drug-likeness (QED) is 0.618. The standard InChI is InChI=1S/C14H18F3N3O3/c1-23-9-13(5-2-6-19-13)8-18-12-4-3-10(20(21)22)7-11(12)14(15,16)17/h3-4,7,18-19H,2,5-6,8-9H2,1H3. The third-order valence-corrected chi connectivity index (χ3v) is 3.89. The first-order chi connectivity index (χ1) is 10.8. The van der Waals surface area contributed by atoms with Crippen LogP contribution in [0.1, 0.15) is 18.4 Å². The average molecular weight is 333 g/mol. The molecule has 1 aromatic rings. The summed E-state index contributed by atoms with van der Waals surface area (Å²) in [7, 11) is 1.54. The normalized spacial score (nSPS) is 21.4. The van der Waals surface area contributed by atoms with Crippen molar-refractivity contribution in [2.75, 3.05) is 32.1 Å². The second kappa shape index (κ2) is 6.71. The van der Waals surface area contributed by atoms with Crippen molar-refractivity contribution < 1.29 is 22.8 Å². The zero-order valence-electron chi connectivity index (χ0n) is 12.6. The lowest BCUT2D eigenvalue weighted by atomic mass is 9.98. The first-order valence-electron chi connectivity index (χ1n) is 7.11. The zero-order valence-corrected chi connectivity index (χ0v) is 12.6. The molecule has 0 radical (unpaired) electrons. The van der Waals surface area contributed by atoms with Gasteiger partial charge in [-0.05, 0) is 25.5 Å². The van der Waals surface area contributed by atoms with Gasteiger partial charge in [0.25, 0.3) is 5.69 Å². The Morgan fingerprint density at radius 2 is 2.22 bits per heavy atom. The van der Waals surface area contributed by atoms with Gasteiger partial charge in [0.1, 0.15) is 0 Å². The van der Waals surface area contributed by atoms with Gasteiger partial charge < -0.3 is 15.4 Å². The van der Waals surface area contributed by atoms with Crippen LogP contribution in [0, 0.1) is 10.1 Å². The summed E-state index contributed by atoms with van der Waals surface area (Å²) in [4.78, 5) is 9.84. The molecule has 0 aromatic heterocycles. The first kappa shape index (κ1) is 17.5. The van der Waals surface area contributed by atoms with E-state index in [0.29, 0.717) is 12.7 Å². The van der Waals surface area contributed by atoms with Crippen molar-refractivity contribution in [3.8, 4) is 0 Å². The fourth-order valence-corrected chi connectivity index (χ4v) is 2.77. The number of methoxy groups -OCH3 is 1. The fourth-order valence-electron chi connectivity index (χ4n) is 2.77. The molecule has 1 unspecified atom stereocenters. The Labute approximate surface area is 131 Å². The van der Waals surface area contributed by atoms with E-state index in [1.165, 1.54) is 7.11 Å². The van der Waals surface area contributed by atoms with E-state index >= 15 is 0 Å². The van der Waals surface area contributed by atoms with Gasteiger partial charge in [0, 0.05) is 31.5 Å². The van der Waals surface area contributed by atoms with Gasteiger partial charge in [-0.1, -0.05) is 0 Å². The largest absolute Gasteiger partial charge is 0.418 e. The number of benzene rings is 1. The molecular formula is C14H18F3N3O3. The lowest BCUT2D eigenvalue weighted by Gasteiger charge is -2.30. The monoisotopic (exact) mass is 333 g/mol. The number of hydrogen-bond donors (Lipinski definition) is 2. The summed E-state index contributed by atoms with van der Waals surface area (Å²) in [5, 5.41) is 16.7. The van der Waals surface area contributed by atoms with Gasteiger partial charge in [0.15, 0.2) is 0 Å². The number of nitrogens with zero attached hydrogens (tertiary/aromatic N) is 1. The molecule has 2 N–H and O–H groups in total. The fraction of sp³-hybridized carbons (Fsp3) is 0.571. The molecule has 0 spiro atoms. The van der Waals surface area contributed by atoms with E-state index in [0.717, 1.165) is 31.5 Å². The Morgan fingerprint density at radius 1 is 1.48 bits per heavy atom. The number of alkyl halides is 3. The second-order valence-electron chi connectivity index (χ2n) is 5.58. The van der Waals surface area contributed by atoms with Crippen LogP contribution in [0.15, 0.2) is 18.2 Å². The second-order valence-corrected chi connectivity index (χ2v) is 5.58. The third-order valence-electron chi connectivity index (χ3n) is 3.89. The highest BCUT2D eigenvalue weighted by atomic mass is 19.4. The number of nitro groups is 1. The number of halogens is 3. The number of nitro benzene ring substituents is 1. The van der Waals surface area contributed by atoms with Gasteiger partial charge in [-0.25, -0.2) is 0 Å². The molecule has 1 aliphatic rings. The lowest BCUT2D eigenvalue weighted by Crippen LogP contribution is -2.49. The average Bonchev–Trinajstić information content (AvgIpc) is 2.93. The van der Waals surface area contributed by atoms with Crippen LogP contribution < -0.4 is 10.6 Å². The molecule has 0 saturated carbocycles. The van der Waals surface area contributed by atoms with Gasteiger partial charge in [-0.3, -0.25) is 10.1 Å². The smallest absolute Gasteiger partial charge is 0.383 e. The van der Waals surface area contributed by atoms with Gasteiger partial charge in [0.2, 0.25) is 0 Å². The Kier molecular flexibility index (Phi) is 5.10. The summed E-state index contributed by atoms with van der Waals surface area (Å²) in [5.41, 5.74) is -2.24. The highest BCUT2D eigenvalue weighted by Gasteiger charge is 2.37. The topological polar surface area (TPSA) is 76.4 Å². The molecule has 6 nitrogen and oxygen atoms in total. The predicted octanol–water partition coefficient (Wildman–Crippen LogP) is 2.79. The number of anilines is 1. The Morgan fingerprint density at radius 3 is 2.74 bits per heavy atom. The van der Waals surface area contributed by atoms with Crippen molar-refractivity contribution in [2.45, 2.75) is 24.6 Å². The molecule has 1 saturated heterocycles. The van der Waals surface area contributed by atoms with E-state index in [1.54, 1.807) is 0 Å². The molecule has 23 heavy (non-hydrogen) atoms. The maximum atomic E-state index is 13.1. The van der Waals surface area contributed by atoms with Crippen molar-refractivity contribution in [3.05, 3.63) is 33.9 Å². The molecule has 9 heteroatoms. The van der Waals surface area contributed by atoms with E-state index in [2.05, 4.69) is 10.6 Å². The van der Waals surface area contributed by atoms with Crippen LogP contribution in [0.3, 0.4) is 0 Å². The molecule has 0 bridgehead atoms. The minimum Gasteiger partial charge on any atom is -0.383 e. The summed E-state index contributed by atoms with van der Waals surface area (Å²) in [6, 6.07) is 2.70. The molecule has 1 fully saturated rings. The molecule has 1 aliphatic heterocycles. The minimum absolute atomic E-state index is 0.174. The van der Waals surface area contributed by atoms with E-state index in [1.807, 2.05) is 0 Å². The molecule has 1 heterocycles. The first-order valence-corrected chi connectivity index (χ1v) is 7.11. The van der Waals surface area contributed by atoms with Gasteiger partial charge in [-0.15, -0.1) is 0 Å². The third kappa shape index (κ3) is 4.11. The van der Waals surface area contributed by atoms with Crippen LogP contribution in [0.5, 0.6) is 0 Å². The van der Waals surface area contributed by atoms with Gasteiger partial charge >= 0.3 is 6.18 Å². The minimum atomic E-state index is -4.67. The lowest BCUT2D eigenvalue weighted by molar-refractivity contribution is -0.385. The maximum absolute atomic E-state index is 13.1. The molecule has 1 aromatic carbocycles. The SMILES string of the molecule is COCC1(CNc2ccc([N+](=O)[O-])cc2C(F)(F)F)CCCN1. The molecule has 0 aliphatic carbocycles. The highest BCUT2D eigenvalue weighted by molar-refractivity contribution is 5.57. The van der Waals surface area contributed by atoms with Crippen molar-refractivity contribution in [3.63, 3.8) is 0 Å². The number of ether oxygens (including phenoxy) is 1. The Bertz CT molecular complexity index is 572. The molecule has 2 rings (SSSR count). The van der Waals surface area contributed by atoms with Crippen LogP contribution in [-0.4, -0.2) is 37.3 Å². The maximum Gasteiger partial charge on any atom is 0.418 e. The molecular weight excluding hydrogens is 315 g/mol. The van der Waals surface area contributed by atoms with E-state index < -0.39 is 27.9 Å². The summed E-state index contributed by atoms with van der Waals surface area (Å²) < 4.78 is 44.6. The van der Waals surface area contributed by atoms with Crippen molar-refractivity contribution >= 4 is 11.4 Å². The molecule has 0 amide bonds. The van der Waals surface area contributed by atoms with Gasteiger partial charge in [0.05, 0.1) is 22.6 Å². The summed E-state index contributed by atoms with van der Waals surface area (Å²) in [5.74, 6) is 0. The van der Waals surface area contributed by atoms with Crippen molar-refractivity contribution in [2.24, 2.45) is 0 Å². The molecule has 1 atom stereocenters. The summed E-state index contributed by atoms with van der Waals surface area (Å²) in [6.45, 7) is 1.38. The van der Waals surface area contributed by atoms with Gasteiger partial charge in [-0.2, -0.15) is 13.2 Å². The van der Waals surface area contributed by atoms with Crippen LogP contribution in [-0.2, 0) is 10.9 Å². The number of rotatable bonds is 6. The van der Waals surface area contributed by atoms with Crippen molar-refractivity contribution in [1.29, 1.82) is 0 Å².